The summed E-state index contributed by atoms with van der Waals surface area (Å²) in [6.07, 6.45) is 0. The number of aromatic hydroxyl groups is 1. The number of benzene rings is 4. The highest BCUT2D eigenvalue weighted by Crippen LogP contribution is 2.34. The van der Waals surface area contributed by atoms with Gasteiger partial charge in [0.15, 0.2) is 0 Å². The fourth-order valence-corrected chi connectivity index (χ4v) is 2.93. The molecular weight excluding hydrogens is 280 g/mol. The summed E-state index contributed by atoms with van der Waals surface area (Å²) in [4.78, 5) is 0. The minimum Gasteiger partial charge on any atom is -0.507 e. The second kappa shape index (κ2) is 5.62. The molecule has 0 atom stereocenters. The number of phenolic OH excluding ortho intramolecular Hbond substituents is 1. The number of rotatable bonds is 2. The van der Waals surface area contributed by atoms with Gasteiger partial charge in [-0.05, 0) is 39.6 Å². The van der Waals surface area contributed by atoms with Crippen LogP contribution in [0.1, 0.15) is 0 Å². The Balaban J connectivity index is 1.78. The van der Waals surface area contributed by atoms with Gasteiger partial charge in [-0.15, -0.1) is 0 Å². The van der Waals surface area contributed by atoms with Gasteiger partial charge in [-0.2, -0.15) is 0 Å². The van der Waals surface area contributed by atoms with Crippen molar-refractivity contribution in [1.82, 2.24) is 0 Å². The molecule has 0 fully saturated rings. The lowest BCUT2D eigenvalue weighted by Crippen LogP contribution is -1.82. The molecule has 0 saturated heterocycles. The Hall–Kier alpha value is -3.06. The summed E-state index contributed by atoms with van der Waals surface area (Å²) in [6, 6.07) is 30.6. The molecule has 0 aliphatic rings. The standard InChI is InChI=1S/C22H16O/c23-22-15-20-9-5-4-8-19(20)14-21(22)18-12-10-17(11-13-18)16-6-2-1-3-7-16/h1-15,23H. The molecule has 0 bridgehead atoms. The van der Waals surface area contributed by atoms with Crippen molar-refractivity contribution in [2.24, 2.45) is 0 Å². The molecule has 0 aliphatic heterocycles. The Morgan fingerprint density at radius 1 is 0.478 bits per heavy atom. The summed E-state index contributed by atoms with van der Waals surface area (Å²) < 4.78 is 0. The molecule has 0 aromatic heterocycles. The van der Waals surface area contributed by atoms with Crippen LogP contribution >= 0.6 is 0 Å². The molecule has 4 aromatic rings. The summed E-state index contributed by atoms with van der Waals surface area (Å²) in [5, 5.41) is 12.5. The molecule has 0 spiro atoms. The third-order valence-corrected chi connectivity index (χ3v) is 4.17. The predicted octanol–water partition coefficient (Wildman–Crippen LogP) is 5.88. The fraction of sp³-hybridized carbons (Fsp3) is 0. The molecule has 0 heterocycles. The van der Waals surface area contributed by atoms with E-state index in [9.17, 15) is 5.11 Å². The van der Waals surface area contributed by atoms with Gasteiger partial charge < -0.3 is 5.11 Å². The first-order chi connectivity index (χ1) is 11.3. The van der Waals surface area contributed by atoms with Crippen LogP contribution in [0.4, 0.5) is 0 Å². The maximum absolute atomic E-state index is 10.3. The van der Waals surface area contributed by atoms with Crippen molar-refractivity contribution in [3.63, 3.8) is 0 Å². The third-order valence-electron chi connectivity index (χ3n) is 4.17. The lowest BCUT2D eigenvalue weighted by molar-refractivity contribution is 0.478. The van der Waals surface area contributed by atoms with Crippen LogP contribution in [0.2, 0.25) is 0 Å². The van der Waals surface area contributed by atoms with Gasteiger partial charge in [0.25, 0.3) is 0 Å². The van der Waals surface area contributed by atoms with E-state index < -0.39 is 0 Å². The summed E-state index contributed by atoms with van der Waals surface area (Å²) >= 11 is 0. The van der Waals surface area contributed by atoms with E-state index in [1.165, 1.54) is 11.1 Å². The van der Waals surface area contributed by atoms with Crippen LogP contribution in [0.5, 0.6) is 5.75 Å². The molecule has 1 N–H and O–H groups in total. The van der Waals surface area contributed by atoms with Crippen molar-refractivity contribution >= 4 is 10.8 Å². The number of phenols is 1. The molecule has 0 amide bonds. The summed E-state index contributed by atoms with van der Waals surface area (Å²) in [5.41, 5.74) is 4.26. The molecule has 0 radical (unpaired) electrons. The van der Waals surface area contributed by atoms with Gasteiger partial charge in [-0.3, -0.25) is 0 Å². The predicted molar refractivity (Wildman–Crippen MR) is 96.5 cm³/mol. The minimum absolute atomic E-state index is 0.316. The molecule has 4 rings (SSSR count). The zero-order valence-electron chi connectivity index (χ0n) is 12.6. The maximum atomic E-state index is 10.3. The molecule has 0 saturated carbocycles. The van der Waals surface area contributed by atoms with Crippen molar-refractivity contribution in [1.29, 1.82) is 0 Å². The highest BCUT2D eigenvalue weighted by atomic mass is 16.3. The molecule has 1 heteroatoms. The average molecular weight is 296 g/mol. The van der Waals surface area contributed by atoms with E-state index in [1.54, 1.807) is 0 Å². The Morgan fingerprint density at radius 3 is 1.70 bits per heavy atom. The van der Waals surface area contributed by atoms with E-state index in [1.807, 2.05) is 48.5 Å². The highest BCUT2D eigenvalue weighted by molar-refractivity contribution is 5.90. The number of hydrogen-bond acceptors (Lipinski definition) is 1. The van der Waals surface area contributed by atoms with E-state index in [0.717, 1.165) is 21.9 Å². The van der Waals surface area contributed by atoms with E-state index in [-0.39, 0.29) is 0 Å². The van der Waals surface area contributed by atoms with Crippen LogP contribution < -0.4 is 0 Å². The second-order valence-corrected chi connectivity index (χ2v) is 5.66. The summed E-state index contributed by atoms with van der Waals surface area (Å²) in [7, 11) is 0. The van der Waals surface area contributed by atoms with Crippen molar-refractivity contribution in [2.75, 3.05) is 0 Å². The molecular formula is C22H16O. The summed E-state index contributed by atoms with van der Waals surface area (Å²) in [6.45, 7) is 0. The van der Waals surface area contributed by atoms with Crippen molar-refractivity contribution in [2.45, 2.75) is 0 Å². The molecule has 0 aliphatic carbocycles. The zero-order valence-corrected chi connectivity index (χ0v) is 12.6. The van der Waals surface area contributed by atoms with E-state index in [4.69, 9.17) is 0 Å². The smallest absolute Gasteiger partial charge is 0.124 e. The van der Waals surface area contributed by atoms with Crippen LogP contribution in [0.25, 0.3) is 33.0 Å². The van der Waals surface area contributed by atoms with E-state index in [2.05, 4.69) is 42.5 Å². The SMILES string of the molecule is Oc1cc2ccccc2cc1-c1ccc(-c2ccccc2)cc1. The number of hydrogen-bond donors (Lipinski definition) is 1. The van der Waals surface area contributed by atoms with Gasteiger partial charge in [0.05, 0.1) is 0 Å². The van der Waals surface area contributed by atoms with Gasteiger partial charge in [0, 0.05) is 5.56 Å². The first-order valence-electron chi connectivity index (χ1n) is 7.69. The average Bonchev–Trinajstić information content (AvgIpc) is 2.62. The lowest BCUT2D eigenvalue weighted by Gasteiger charge is -2.09. The van der Waals surface area contributed by atoms with Crippen molar-refractivity contribution in [3.05, 3.63) is 91.0 Å². The van der Waals surface area contributed by atoms with Gasteiger partial charge in [0.1, 0.15) is 5.75 Å². The first-order valence-corrected chi connectivity index (χ1v) is 7.69. The Morgan fingerprint density at radius 2 is 1.00 bits per heavy atom. The summed E-state index contributed by atoms with van der Waals surface area (Å²) in [5.74, 6) is 0.316. The Kier molecular flexibility index (Phi) is 3.32. The topological polar surface area (TPSA) is 20.2 Å². The van der Waals surface area contributed by atoms with Gasteiger partial charge >= 0.3 is 0 Å². The van der Waals surface area contributed by atoms with Gasteiger partial charge in [-0.1, -0.05) is 78.9 Å². The largest absolute Gasteiger partial charge is 0.507 e. The first kappa shape index (κ1) is 13.6. The molecule has 23 heavy (non-hydrogen) atoms. The zero-order chi connectivity index (χ0) is 15.6. The van der Waals surface area contributed by atoms with Gasteiger partial charge in [-0.25, -0.2) is 0 Å². The normalized spacial score (nSPS) is 10.8. The highest BCUT2D eigenvalue weighted by Gasteiger charge is 2.07. The van der Waals surface area contributed by atoms with Crippen LogP contribution in [0, 0.1) is 0 Å². The third kappa shape index (κ3) is 2.58. The minimum atomic E-state index is 0.316. The van der Waals surface area contributed by atoms with E-state index in [0.29, 0.717) is 5.75 Å². The van der Waals surface area contributed by atoms with Gasteiger partial charge in [0.2, 0.25) is 0 Å². The van der Waals surface area contributed by atoms with Crippen LogP contribution in [0.3, 0.4) is 0 Å². The number of fused-ring (bicyclic) bond motifs is 1. The van der Waals surface area contributed by atoms with Crippen LogP contribution in [-0.2, 0) is 0 Å². The molecule has 0 unspecified atom stereocenters. The maximum Gasteiger partial charge on any atom is 0.124 e. The molecule has 4 aromatic carbocycles. The fourth-order valence-electron chi connectivity index (χ4n) is 2.93. The van der Waals surface area contributed by atoms with E-state index >= 15 is 0 Å². The quantitative estimate of drug-likeness (QED) is 0.490. The molecule has 1 nitrogen and oxygen atoms in total. The lowest BCUT2D eigenvalue weighted by atomic mass is 9.97. The monoisotopic (exact) mass is 296 g/mol. The molecule has 110 valence electrons. The van der Waals surface area contributed by atoms with Crippen LogP contribution in [0.15, 0.2) is 91.0 Å². The van der Waals surface area contributed by atoms with Crippen molar-refractivity contribution < 1.29 is 5.11 Å². The van der Waals surface area contributed by atoms with Crippen LogP contribution in [-0.4, -0.2) is 5.11 Å². The van der Waals surface area contributed by atoms with Crippen molar-refractivity contribution in [3.8, 4) is 28.0 Å². The second-order valence-electron chi connectivity index (χ2n) is 5.66. The Labute approximate surface area is 135 Å². The Bertz CT molecular complexity index is 954.